The molecule has 0 saturated heterocycles. The monoisotopic (exact) mass is 446 g/mol. The molecule has 0 aliphatic rings. The third kappa shape index (κ3) is 5.33. The lowest BCUT2D eigenvalue weighted by molar-refractivity contribution is -0.112. The van der Waals surface area contributed by atoms with Crippen molar-refractivity contribution in [2.45, 2.75) is 20.8 Å². The van der Waals surface area contributed by atoms with E-state index in [1.165, 1.54) is 0 Å². The SMILES string of the molecule is CCOc1cc(I)cc(/C=C(\C#N)C(=O)Nc2ccc(C)cc2C)c1. The van der Waals surface area contributed by atoms with Crippen LogP contribution in [-0.4, -0.2) is 12.5 Å². The van der Waals surface area contributed by atoms with E-state index >= 15 is 0 Å². The molecule has 0 unspecified atom stereocenters. The first-order valence-corrected chi connectivity index (χ1v) is 8.94. The Morgan fingerprint density at radius 1 is 1.28 bits per heavy atom. The number of nitrogens with zero attached hydrogens (tertiary/aromatic N) is 1. The summed E-state index contributed by atoms with van der Waals surface area (Å²) in [4.78, 5) is 12.4. The zero-order chi connectivity index (χ0) is 18.4. The fourth-order valence-corrected chi connectivity index (χ4v) is 3.04. The molecule has 1 N–H and O–H groups in total. The van der Waals surface area contributed by atoms with Gasteiger partial charge in [-0.05, 0) is 84.8 Å². The first-order chi connectivity index (χ1) is 11.9. The third-order valence-electron chi connectivity index (χ3n) is 3.51. The largest absolute Gasteiger partial charge is 0.494 e. The Labute approximate surface area is 161 Å². The summed E-state index contributed by atoms with van der Waals surface area (Å²) in [6, 6.07) is 13.3. The van der Waals surface area contributed by atoms with Gasteiger partial charge in [0.05, 0.1) is 6.61 Å². The highest BCUT2D eigenvalue weighted by Gasteiger charge is 2.11. The average molecular weight is 446 g/mol. The average Bonchev–Trinajstić information content (AvgIpc) is 2.55. The van der Waals surface area contributed by atoms with Crippen LogP contribution >= 0.6 is 22.6 Å². The van der Waals surface area contributed by atoms with E-state index in [9.17, 15) is 10.1 Å². The molecular weight excluding hydrogens is 427 g/mol. The number of anilines is 1. The molecular formula is C20H19IN2O2. The maximum absolute atomic E-state index is 12.4. The van der Waals surface area contributed by atoms with Crippen LogP contribution in [0, 0.1) is 28.7 Å². The number of rotatable bonds is 5. The summed E-state index contributed by atoms with van der Waals surface area (Å²) < 4.78 is 6.48. The maximum Gasteiger partial charge on any atom is 0.266 e. The lowest BCUT2D eigenvalue weighted by atomic mass is 10.1. The second-order valence-corrected chi connectivity index (χ2v) is 6.84. The molecule has 2 aromatic carbocycles. The highest BCUT2D eigenvalue weighted by Crippen LogP contribution is 2.22. The summed E-state index contributed by atoms with van der Waals surface area (Å²) in [5, 5.41) is 12.2. The van der Waals surface area contributed by atoms with Crippen LogP contribution in [-0.2, 0) is 4.79 Å². The van der Waals surface area contributed by atoms with Crippen molar-refractivity contribution in [1.82, 2.24) is 0 Å². The first-order valence-electron chi connectivity index (χ1n) is 7.86. The third-order valence-corrected chi connectivity index (χ3v) is 4.13. The molecule has 0 aromatic heterocycles. The molecule has 0 aliphatic carbocycles. The van der Waals surface area contributed by atoms with Crippen LogP contribution in [0.3, 0.4) is 0 Å². The summed E-state index contributed by atoms with van der Waals surface area (Å²) in [5.74, 6) is 0.291. The van der Waals surface area contributed by atoms with Gasteiger partial charge in [-0.3, -0.25) is 4.79 Å². The van der Waals surface area contributed by atoms with Crippen LogP contribution in [0.2, 0.25) is 0 Å². The molecule has 25 heavy (non-hydrogen) atoms. The van der Waals surface area contributed by atoms with E-state index in [0.717, 1.165) is 20.3 Å². The van der Waals surface area contributed by atoms with Crippen molar-refractivity contribution in [1.29, 1.82) is 5.26 Å². The number of amides is 1. The maximum atomic E-state index is 12.4. The highest BCUT2D eigenvalue weighted by molar-refractivity contribution is 14.1. The summed E-state index contributed by atoms with van der Waals surface area (Å²) in [7, 11) is 0. The van der Waals surface area contributed by atoms with Gasteiger partial charge in [0.2, 0.25) is 0 Å². The number of carbonyl (C=O) groups excluding carboxylic acids is 1. The molecule has 128 valence electrons. The van der Waals surface area contributed by atoms with E-state index in [0.29, 0.717) is 18.0 Å². The van der Waals surface area contributed by atoms with Gasteiger partial charge >= 0.3 is 0 Å². The molecule has 0 atom stereocenters. The second kappa shape index (κ2) is 8.67. The van der Waals surface area contributed by atoms with E-state index in [-0.39, 0.29) is 5.57 Å². The number of nitrogens with one attached hydrogen (secondary N) is 1. The van der Waals surface area contributed by atoms with Crippen LogP contribution in [0.25, 0.3) is 6.08 Å². The van der Waals surface area contributed by atoms with Gasteiger partial charge in [-0.15, -0.1) is 0 Å². The summed E-state index contributed by atoms with van der Waals surface area (Å²) in [6.45, 7) is 6.38. The Kier molecular flexibility index (Phi) is 6.59. The molecule has 0 heterocycles. The van der Waals surface area contributed by atoms with Gasteiger partial charge in [0.1, 0.15) is 17.4 Å². The second-order valence-electron chi connectivity index (χ2n) is 5.60. The predicted molar refractivity (Wildman–Crippen MR) is 108 cm³/mol. The lowest BCUT2D eigenvalue weighted by Gasteiger charge is -2.09. The van der Waals surface area contributed by atoms with Crippen molar-refractivity contribution in [2.75, 3.05) is 11.9 Å². The van der Waals surface area contributed by atoms with Gasteiger partial charge in [0.15, 0.2) is 0 Å². The van der Waals surface area contributed by atoms with Crippen molar-refractivity contribution in [3.05, 3.63) is 62.2 Å². The Morgan fingerprint density at radius 2 is 2.04 bits per heavy atom. The molecule has 2 aromatic rings. The Bertz CT molecular complexity index is 866. The number of hydrogen-bond donors (Lipinski definition) is 1. The van der Waals surface area contributed by atoms with E-state index in [1.54, 1.807) is 6.08 Å². The molecule has 0 fully saturated rings. The minimum absolute atomic E-state index is 0.0458. The van der Waals surface area contributed by atoms with Gasteiger partial charge in [-0.1, -0.05) is 17.7 Å². The van der Waals surface area contributed by atoms with Crippen LogP contribution in [0.1, 0.15) is 23.6 Å². The lowest BCUT2D eigenvalue weighted by Crippen LogP contribution is -2.14. The standard InChI is InChI=1S/C20H19IN2O2/c1-4-25-18-10-15(9-17(21)11-18)8-16(12-22)20(24)23-19-6-5-13(2)7-14(19)3/h5-11H,4H2,1-3H3,(H,23,24)/b16-8+. The Morgan fingerprint density at radius 3 is 2.68 bits per heavy atom. The molecule has 4 nitrogen and oxygen atoms in total. The predicted octanol–water partition coefficient (Wildman–Crippen LogP) is 4.85. The van der Waals surface area contributed by atoms with Gasteiger partial charge < -0.3 is 10.1 Å². The quantitative estimate of drug-likeness (QED) is 0.406. The molecule has 0 saturated carbocycles. The van der Waals surface area contributed by atoms with E-state index in [2.05, 4.69) is 27.9 Å². The molecule has 0 radical (unpaired) electrons. The number of carbonyl (C=O) groups is 1. The van der Waals surface area contributed by atoms with E-state index in [4.69, 9.17) is 4.74 Å². The summed E-state index contributed by atoms with van der Waals surface area (Å²) in [5.41, 5.74) is 3.58. The van der Waals surface area contributed by atoms with Crippen LogP contribution in [0.5, 0.6) is 5.75 Å². The number of halogens is 1. The number of hydrogen-bond acceptors (Lipinski definition) is 3. The zero-order valence-electron chi connectivity index (χ0n) is 14.4. The molecule has 0 aliphatic heterocycles. The van der Waals surface area contributed by atoms with Crippen LogP contribution in [0.15, 0.2) is 42.0 Å². The molecule has 5 heteroatoms. The first kappa shape index (κ1) is 19.0. The van der Waals surface area contributed by atoms with E-state index < -0.39 is 5.91 Å². The number of ether oxygens (including phenoxy) is 1. The van der Waals surface area contributed by atoms with Gasteiger partial charge in [0, 0.05) is 9.26 Å². The van der Waals surface area contributed by atoms with Crippen molar-refractivity contribution in [3.8, 4) is 11.8 Å². The topological polar surface area (TPSA) is 62.1 Å². The van der Waals surface area contributed by atoms with E-state index in [1.807, 2.05) is 63.2 Å². The molecule has 1 amide bonds. The highest BCUT2D eigenvalue weighted by atomic mass is 127. The minimum atomic E-state index is -0.425. The van der Waals surface area contributed by atoms with Gasteiger partial charge in [0.25, 0.3) is 5.91 Å². The molecule has 0 bridgehead atoms. The summed E-state index contributed by atoms with van der Waals surface area (Å²) >= 11 is 2.18. The van der Waals surface area contributed by atoms with Crippen LogP contribution in [0.4, 0.5) is 5.69 Å². The number of benzene rings is 2. The normalized spacial score (nSPS) is 10.9. The van der Waals surface area contributed by atoms with Crippen molar-refractivity contribution >= 4 is 40.3 Å². The minimum Gasteiger partial charge on any atom is -0.494 e. The van der Waals surface area contributed by atoms with Gasteiger partial charge in [-0.2, -0.15) is 5.26 Å². The van der Waals surface area contributed by atoms with Crippen molar-refractivity contribution < 1.29 is 9.53 Å². The summed E-state index contributed by atoms with van der Waals surface area (Å²) in [6.07, 6.45) is 1.57. The van der Waals surface area contributed by atoms with Crippen molar-refractivity contribution in [2.24, 2.45) is 0 Å². The molecule has 2 rings (SSSR count). The number of aryl methyl sites for hydroxylation is 2. The fraction of sp³-hybridized carbons (Fsp3) is 0.200. The van der Waals surface area contributed by atoms with Crippen molar-refractivity contribution in [3.63, 3.8) is 0 Å². The molecule has 0 spiro atoms. The number of nitriles is 1. The zero-order valence-corrected chi connectivity index (χ0v) is 16.5. The Hall–Kier alpha value is -2.33. The van der Waals surface area contributed by atoms with Gasteiger partial charge in [-0.25, -0.2) is 0 Å². The smallest absolute Gasteiger partial charge is 0.266 e. The van der Waals surface area contributed by atoms with Crippen LogP contribution < -0.4 is 10.1 Å². The fourth-order valence-electron chi connectivity index (χ4n) is 2.38. The Balaban J connectivity index is 2.28.